The van der Waals surface area contributed by atoms with Gasteiger partial charge in [-0.05, 0) is 32.1 Å². The maximum atomic E-state index is 5.28. The third-order valence-electron chi connectivity index (χ3n) is 3.16. The first-order chi connectivity index (χ1) is 9.62. The topological polar surface area (TPSA) is 39.4 Å². The molecule has 4 nitrogen and oxygen atoms in total. The fourth-order valence-corrected chi connectivity index (χ4v) is 2.22. The largest absolute Gasteiger partial charge is 0.537 e. The number of ether oxygens (including phenoxy) is 1. The number of fused-ring (bicyclic) bond motifs is 1. The average molecular weight is 506 g/mol. The van der Waals surface area contributed by atoms with Gasteiger partial charge in [-0.25, -0.2) is 0 Å². The van der Waals surface area contributed by atoms with Crippen molar-refractivity contribution >= 4 is 23.2 Å². The summed E-state index contributed by atoms with van der Waals surface area (Å²) in [6.45, 7) is 7.44. The first-order valence-electron chi connectivity index (χ1n) is 6.34. The van der Waals surface area contributed by atoms with E-state index in [9.17, 15) is 0 Å². The Morgan fingerprint density at radius 2 is 2.19 bits per heavy atom. The van der Waals surface area contributed by atoms with E-state index in [1.165, 1.54) is 0 Å². The van der Waals surface area contributed by atoms with Crippen molar-refractivity contribution in [2.45, 2.75) is 13.8 Å². The Bertz CT molecular complexity index is 714. The molecule has 0 aliphatic carbocycles. The minimum Gasteiger partial charge on any atom is -0.537 e. The molecule has 2 rings (SSSR count). The van der Waals surface area contributed by atoms with Gasteiger partial charge < -0.3 is 9.30 Å². The molecule has 0 amide bonds. The van der Waals surface area contributed by atoms with Gasteiger partial charge in [0, 0.05) is 36.8 Å². The van der Waals surface area contributed by atoms with Gasteiger partial charge in [-0.15, -0.1) is 11.6 Å². The number of hydrogen-bond donors (Lipinski definition) is 0. The second-order valence-electron chi connectivity index (χ2n) is 4.45. The molecule has 0 aromatic carbocycles. The SMILES string of the molecule is C=N/C(OC)=C(\[C-]=CC)c1cc2cc(C)ncc2n1C.[U]. The van der Waals surface area contributed by atoms with Gasteiger partial charge in [0.2, 0.25) is 0 Å². The molecule has 0 N–H and O–H groups in total. The van der Waals surface area contributed by atoms with Gasteiger partial charge in [0.15, 0.2) is 0 Å². The number of aliphatic imine (C=N–C) groups is 1. The second kappa shape index (κ2) is 7.63. The van der Waals surface area contributed by atoms with Crippen LogP contribution in [0.15, 0.2) is 35.3 Å². The van der Waals surface area contributed by atoms with Crippen LogP contribution in [0.2, 0.25) is 0 Å². The minimum atomic E-state index is 0. The third-order valence-corrected chi connectivity index (χ3v) is 3.16. The molecule has 2 aromatic heterocycles. The van der Waals surface area contributed by atoms with Crippen molar-refractivity contribution in [2.75, 3.05) is 7.11 Å². The van der Waals surface area contributed by atoms with E-state index >= 15 is 0 Å². The quantitative estimate of drug-likeness (QED) is 0.277. The molecule has 0 atom stereocenters. The van der Waals surface area contributed by atoms with E-state index in [0.717, 1.165) is 27.9 Å². The van der Waals surface area contributed by atoms with E-state index in [2.05, 4.69) is 39.5 Å². The van der Waals surface area contributed by atoms with Crippen LogP contribution in [0, 0.1) is 44.1 Å². The summed E-state index contributed by atoms with van der Waals surface area (Å²) in [5.74, 6) is 0.457. The van der Waals surface area contributed by atoms with Crippen LogP contribution in [0.25, 0.3) is 16.5 Å². The van der Waals surface area contributed by atoms with E-state index in [-0.39, 0.29) is 31.1 Å². The summed E-state index contributed by atoms with van der Waals surface area (Å²) in [6.07, 6.45) is 6.88. The molecule has 0 aliphatic rings. The summed E-state index contributed by atoms with van der Waals surface area (Å²) < 4.78 is 7.34. The summed E-state index contributed by atoms with van der Waals surface area (Å²) in [6, 6.07) is 4.14. The summed E-state index contributed by atoms with van der Waals surface area (Å²) in [5, 5.41) is 1.13. The number of pyridine rings is 1. The standard InChI is InChI=1S/C16H18N3O.U/c1-6-7-13(16(17-3)20-5)14-9-12-8-11(2)18-10-15(12)19(14)4;/h6,8-10H,3H2,1-2,4-5H3;/q-1;/b16-13-;. The number of allylic oxidation sites excluding steroid dienone is 3. The smallest absolute Gasteiger partial charge is 0.105 e. The molecule has 0 unspecified atom stereocenters. The predicted molar refractivity (Wildman–Crippen MR) is 82.4 cm³/mol. The monoisotopic (exact) mass is 506 g/mol. The normalized spacial score (nSPS) is 12.2. The van der Waals surface area contributed by atoms with Crippen molar-refractivity contribution < 1.29 is 35.9 Å². The van der Waals surface area contributed by atoms with E-state index in [4.69, 9.17) is 4.74 Å². The van der Waals surface area contributed by atoms with Crippen molar-refractivity contribution in [1.29, 1.82) is 0 Å². The van der Waals surface area contributed by atoms with Gasteiger partial charge in [-0.3, -0.25) is 9.98 Å². The number of hydrogen-bond acceptors (Lipinski definition) is 3. The number of rotatable bonds is 4. The second-order valence-corrected chi connectivity index (χ2v) is 4.45. The molecule has 21 heavy (non-hydrogen) atoms. The van der Waals surface area contributed by atoms with Gasteiger partial charge in [0.25, 0.3) is 0 Å². The van der Waals surface area contributed by atoms with Crippen LogP contribution in [0.1, 0.15) is 18.3 Å². The predicted octanol–water partition coefficient (Wildman–Crippen LogP) is 3.28. The van der Waals surface area contributed by atoms with E-state index in [0.29, 0.717) is 5.88 Å². The molecule has 5 heteroatoms. The minimum absolute atomic E-state index is 0. The molecule has 2 heterocycles. The summed E-state index contributed by atoms with van der Waals surface area (Å²) in [7, 11) is 3.57. The number of aromatic nitrogens is 2. The first kappa shape index (κ1) is 17.7. The molecule has 0 fully saturated rings. The Labute approximate surface area is 149 Å². The molecule has 0 spiro atoms. The van der Waals surface area contributed by atoms with Gasteiger partial charge in [-0.2, -0.15) is 6.08 Å². The summed E-state index contributed by atoms with van der Waals surface area (Å²) in [4.78, 5) is 8.27. The molecule has 108 valence electrons. The Morgan fingerprint density at radius 1 is 1.48 bits per heavy atom. The first-order valence-corrected chi connectivity index (χ1v) is 6.34. The fourth-order valence-electron chi connectivity index (χ4n) is 2.22. The van der Waals surface area contributed by atoms with Crippen LogP contribution in [-0.4, -0.2) is 23.4 Å². The number of nitrogens with zero attached hydrogens (tertiary/aromatic N) is 3. The van der Waals surface area contributed by atoms with Crippen molar-refractivity contribution in [2.24, 2.45) is 12.0 Å². The zero-order chi connectivity index (χ0) is 14.7. The van der Waals surface area contributed by atoms with Crippen LogP contribution in [0.5, 0.6) is 0 Å². The van der Waals surface area contributed by atoms with Crippen molar-refractivity contribution in [3.63, 3.8) is 0 Å². The Morgan fingerprint density at radius 3 is 2.76 bits per heavy atom. The van der Waals surface area contributed by atoms with Gasteiger partial charge in [0.05, 0.1) is 18.8 Å². The zero-order valence-electron chi connectivity index (χ0n) is 12.8. The van der Waals surface area contributed by atoms with Gasteiger partial charge >= 0.3 is 0 Å². The molecule has 0 saturated carbocycles. The molecule has 2 aromatic rings. The molecule has 0 aliphatic heterocycles. The average Bonchev–Trinajstić information content (AvgIpc) is 2.75. The molecular weight excluding hydrogens is 488 g/mol. The van der Waals surface area contributed by atoms with Crippen molar-refractivity contribution in [1.82, 2.24) is 9.55 Å². The van der Waals surface area contributed by atoms with Crippen LogP contribution >= 0.6 is 0 Å². The van der Waals surface area contributed by atoms with Crippen LogP contribution < -0.4 is 0 Å². The summed E-state index contributed by atoms with van der Waals surface area (Å²) in [5.41, 5.74) is 3.79. The van der Waals surface area contributed by atoms with Crippen molar-refractivity contribution in [3.8, 4) is 0 Å². The molecular formula is C16H18N3OU-. The molecule has 0 bridgehead atoms. The molecule has 0 radical (unpaired) electrons. The van der Waals surface area contributed by atoms with Gasteiger partial charge in [0.1, 0.15) is 5.88 Å². The Hall–Kier alpha value is -1.31. The van der Waals surface area contributed by atoms with E-state index in [1.54, 1.807) is 7.11 Å². The van der Waals surface area contributed by atoms with Gasteiger partial charge in [-0.1, -0.05) is 18.7 Å². The van der Waals surface area contributed by atoms with Crippen LogP contribution in [0.4, 0.5) is 0 Å². The maximum Gasteiger partial charge on any atom is 0.105 e. The summed E-state index contributed by atoms with van der Waals surface area (Å²) >= 11 is 0. The Balaban J connectivity index is 0.00000220. The van der Waals surface area contributed by atoms with E-state index < -0.39 is 0 Å². The van der Waals surface area contributed by atoms with Crippen LogP contribution in [0.3, 0.4) is 0 Å². The fraction of sp³-hybridized carbons (Fsp3) is 0.250. The van der Waals surface area contributed by atoms with Crippen molar-refractivity contribution in [3.05, 3.63) is 47.8 Å². The molecule has 0 saturated heterocycles. The number of aryl methyl sites for hydroxylation is 2. The maximum absolute atomic E-state index is 5.28. The number of methoxy groups -OCH3 is 1. The van der Waals surface area contributed by atoms with E-state index in [1.807, 2.05) is 33.2 Å². The van der Waals surface area contributed by atoms with Crippen LogP contribution in [-0.2, 0) is 11.8 Å². The third kappa shape index (κ3) is 3.48. The Kier molecular flexibility index (Phi) is 6.45. The zero-order valence-corrected chi connectivity index (χ0v) is 16.9.